The lowest BCUT2D eigenvalue weighted by Crippen LogP contribution is -2.31. The van der Waals surface area contributed by atoms with Gasteiger partial charge in [-0.05, 0) is 54.8 Å². The number of hydrogen-bond donors (Lipinski definition) is 0. The van der Waals surface area contributed by atoms with Gasteiger partial charge in [-0.3, -0.25) is 4.79 Å². The molecule has 0 fully saturated rings. The molecule has 0 saturated heterocycles. The van der Waals surface area contributed by atoms with Crippen LogP contribution in [0.1, 0.15) is 18.4 Å². The van der Waals surface area contributed by atoms with Crippen molar-refractivity contribution < 1.29 is 17.9 Å². The first-order valence-corrected chi connectivity index (χ1v) is 12.5. The van der Waals surface area contributed by atoms with Crippen molar-refractivity contribution >= 4 is 53.9 Å². The molecule has 0 bridgehead atoms. The Balaban J connectivity index is 1.52. The van der Waals surface area contributed by atoms with E-state index in [1.165, 1.54) is 30.3 Å². The maximum absolute atomic E-state index is 11.7. The van der Waals surface area contributed by atoms with Crippen LogP contribution < -0.4 is 4.90 Å². The molecule has 0 spiro atoms. The number of carbonyl (C=O) groups is 1. The lowest BCUT2D eigenvalue weighted by Gasteiger charge is -2.31. The number of anilines is 1. The molecular weight excluding hydrogens is 436 g/mol. The van der Waals surface area contributed by atoms with Crippen LogP contribution in [-0.2, 0) is 25.8 Å². The zero-order valence-electron chi connectivity index (χ0n) is 17.2. The van der Waals surface area contributed by atoms with Gasteiger partial charge in [-0.15, -0.1) is 10.2 Å². The second-order valence-electron chi connectivity index (χ2n) is 7.33. The summed E-state index contributed by atoms with van der Waals surface area (Å²) in [6.07, 6.45) is 3.50. The molecule has 1 aromatic heterocycles. The van der Waals surface area contributed by atoms with Crippen molar-refractivity contribution in [2.24, 2.45) is 10.2 Å². The summed E-state index contributed by atoms with van der Waals surface area (Å²) in [6.45, 7) is 1.54. The van der Waals surface area contributed by atoms with Crippen molar-refractivity contribution in [1.29, 1.82) is 0 Å². The first-order chi connectivity index (χ1) is 14.8. The van der Waals surface area contributed by atoms with E-state index in [0.29, 0.717) is 23.6 Å². The summed E-state index contributed by atoms with van der Waals surface area (Å²) in [5, 5.41) is 9.05. The lowest BCUT2D eigenvalue weighted by molar-refractivity contribution is -0.140. The van der Waals surface area contributed by atoms with Gasteiger partial charge in [-0.2, -0.15) is 0 Å². The highest BCUT2D eigenvalue weighted by molar-refractivity contribution is 7.90. The van der Waals surface area contributed by atoms with Crippen molar-refractivity contribution in [3.63, 3.8) is 0 Å². The van der Waals surface area contributed by atoms with Crippen LogP contribution in [0.4, 0.5) is 16.5 Å². The third-order valence-corrected chi connectivity index (χ3v) is 7.13. The molecule has 4 rings (SSSR count). The first-order valence-electron chi connectivity index (χ1n) is 9.80. The van der Waals surface area contributed by atoms with Crippen LogP contribution >= 0.6 is 11.3 Å². The molecule has 0 atom stereocenters. The number of methoxy groups -OCH3 is 1. The summed E-state index contributed by atoms with van der Waals surface area (Å²) < 4.78 is 29.0. The highest BCUT2D eigenvalue weighted by atomic mass is 32.2. The zero-order valence-corrected chi connectivity index (χ0v) is 18.9. The zero-order chi connectivity index (χ0) is 22.0. The largest absolute Gasteiger partial charge is 0.469 e. The normalized spacial score (nSPS) is 14.2. The van der Waals surface area contributed by atoms with Crippen LogP contribution in [0.3, 0.4) is 0 Å². The quantitative estimate of drug-likeness (QED) is 0.400. The topological polar surface area (TPSA) is 101 Å². The van der Waals surface area contributed by atoms with E-state index in [1.807, 2.05) is 18.2 Å². The maximum Gasteiger partial charge on any atom is 0.307 e. The summed E-state index contributed by atoms with van der Waals surface area (Å²) in [5.41, 5.74) is 3.71. The molecule has 0 radical (unpaired) electrons. The van der Waals surface area contributed by atoms with E-state index in [1.54, 1.807) is 18.2 Å². The van der Waals surface area contributed by atoms with E-state index in [9.17, 15) is 13.2 Å². The van der Waals surface area contributed by atoms with Gasteiger partial charge in [-0.25, -0.2) is 13.4 Å². The Bertz CT molecular complexity index is 1270. The number of thiazole rings is 1. The maximum atomic E-state index is 11.7. The highest BCUT2D eigenvalue weighted by Gasteiger charge is 2.18. The predicted molar refractivity (Wildman–Crippen MR) is 121 cm³/mol. The molecule has 1 aliphatic rings. The van der Waals surface area contributed by atoms with Crippen LogP contribution in [0, 0.1) is 0 Å². The van der Waals surface area contributed by atoms with Gasteiger partial charge >= 0.3 is 5.97 Å². The van der Waals surface area contributed by atoms with Crippen LogP contribution in [0.15, 0.2) is 51.5 Å². The Morgan fingerprint density at radius 3 is 2.84 bits per heavy atom. The third kappa shape index (κ3) is 4.91. The number of hydrogen-bond acceptors (Lipinski definition) is 9. The number of esters is 1. The first kappa shape index (κ1) is 21.4. The van der Waals surface area contributed by atoms with E-state index in [2.05, 4.69) is 20.1 Å². The lowest BCUT2D eigenvalue weighted by atomic mass is 10.0. The molecule has 2 aromatic carbocycles. The molecule has 2 heterocycles. The van der Waals surface area contributed by atoms with E-state index in [0.717, 1.165) is 35.5 Å². The Labute approximate surface area is 184 Å². The second-order valence-corrected chi connectivity index (χ2v) is 10.4. The minimum absolute atomic E-state index is 0.211. The Hall–Kier alpha value is -2.85. The van der Waals surface area contributed by atoms with Crippen LogP contribution in [0.2, 0.25) is 0 Å². The molecule has 8 nitrogen and oxygen atoms in total. The fourth-order valence-corrected chi connectivity index (χ4v) is 5.10. The summed E-state index contributed by atoms with van der Waals surface area (Å²) in [5.74, 6) is -0.211. The molecule has 1 aliphatic heterocycles. The molecule has 0 aliphatic carbocycles. The van der Waals surface area contributed by atoms with Gasteiger partial charge in [0.1, 0.15) is 0 Å². The van der Waals surface area contributed by atoms with Crippen LogP contribution in [-0.4, -0.2) is 45.8 Å². The van der Waals surface area contributed by atoms with Crippen molar-refractivity contribution in [3.8, 4) is 0 Å². The summed E-state index contributed by atoms with van der Waals surface area (Å²) in [6, 6.07) is 10.8. The van der Waals surface area contributed by atoms with Crippen molar-refractivity contribution in [2.75, 3.05) is 31.4 Å². The van der Waals surface area contributed by atoms with Crippen molar-refractivity contribution in [1.82, 2.24) is 4.98 Å². The number of rotatable bonds is 6. The molecule has 3 aromatic rings. The minimum atomic E-state index is -3.27. The van der Waals surface area contributed by atoms with E-state index in [-0.39, 0.29) is 10.9 Å². The number of benzene rings is 2. The summed E-state index contributed by atoms with van der Waals surface area (Å²) in [7, 11) is -1.87. The second kappa shape index (κ2) is 8.72. The Morgan fingerprint density at radius 1 is 1.23 bits per heavy atom. The molecule has 31 heavy (non-hydrogen) atoms. The van der Waals surface area contributed by atoms with Gasteiger partial charge in [0.25, 0.3) is 0 Å². The van der Waals surface area contributed by atoms with E-state index < -0.39 is 9.84 Å². The number of nitrogens with zero attached hydrogens (tertiary/aromatic N) is 4. The van der Waals surface area contributed by atoms with Crippen LogP contribution in [0.25, 0.3) is 10.2 Å². The molecule has 0 unspecified atom stereocenters. The molecular formula is C21H22N4O4S2. The number of ether oxygens (including phenoxy) is 1. The minimum Gasteiger partial charge on any atom is -0.469 e. The number of aromatic nitrogens is 1. The average molecular weight is 459 g/mol. The SMILES string of the molecule is COC(=O)CCN1CCCc2cc(N=Nc3nc4ccc(S(C)(=O)=O)cc4s3)ccc21. The molecule has 162 valence electrons. The Morgan fingerprint density at radius 2 is 2.06 bits per heavy atom. The standard InChI is InChI=1S/C21H22N4O4S2/c1-29-20(26)9-11-25-10-3-4-14-12-15(5-8-18(14)25)23-24-21-22-17-7-6-16(31(2,27)28)13-19(17)30-21/h5-8,12-13H,3-4,9-11H2,1-2H3. The van der Waals surface area contributed by atoms with Gasteiger partial charge in [-0.1, -0.05) is 11.3 Å². The van der Waals surface area contributed by atoms with E-state index >= 15 is 0 Å². The van der Waals surface area contributed by atoms with Crippen molar-refractivity contribution in [2.45, 2.75) is 24.2 Å². The smallest absolute Gasteiger partial charge is 0.307 e. The van der Waals surface area contributed by atoms with E-state index in [4.69, 9.17) is 4.74 Å². The monoisotopic (exact) mass is 458 g/mol. The van der Waals surface area contributed by atoms with Gasteiger partial charge in [0, 0.05) is 25.0 Å². The van der Waals surface area contributed by atoms with Gasteiger partial charge in [0.2, 0.25) is 5.13 Å². The number of sulfone groups is 1. The fraction of sp³-hybridized carbons (Fsp3) is 0.333. The Kier molecular flexibility index (Phi) is 6.01. The summed E-state index contributed by atoms with van der Waals surface area (Å²) in [4.78, 5) is 18.3. The third-order valence-electron chi connectivity index (χ3n) is 5.12. The average Bonchev–Trinajstić information content (AvgIpc) is 3.17. The van der Waals surface area contributed by atoms with Gasteiger partial charge in [0.15, 0.2) is 9.84 Å². The molecule has 10 heteroatoms. The number of aryl methyl sites for hydroxylation is 1. The van der Waals surface area contributed by atoms with Crippen LogP contribution in [0.5, 0.6) is 0 Å². The number of carbonyl (C=O) groups excluding carboxylic acids is 1. The van der Waals surface area contributed by atoms with Gasteiger partial charge < -0.3 is 9.64 Å². The number of azo groups is 1. The number of fused-ring (bicyclic) bond motifs is 2. The molecule has 0 saturated carbocycles. The molecule has 0 amide bonds. The van der Waals surface area contributed by atoms with Crippen molar-refractivity contribution in [3.05, 3.63) is 42.0 Å². The highest BCUT2D eigenvalue weighted by Crippen LogP contribution is 2.33. The molecule has 0 N–H and O–H groups in total. The fourth-order valence-electron chi connectivity index (χ4n) is 3.55. The van der Waals surface area contributed by atoms with Gasteiger partial charge in [0.05, 0.1) is 34.3 Å². The summed E-state index contributed by atoms with van der Waals surface area (Å²) >= 11 is 1.30. The predicted octanol–water partition coefficient (Wildman–Crippen LogP) is 4.43.